The summed E-state index contributed by atoms with van der Waals surface area (Å²) in [5.74, 6) is 0.997. The molecular formula is C11H13FN4O. The third-order valence-corrected chi connectivity index (χ3v) is 2.98. The van der Waals surface area contributed by atoms with E-state index in [9.17, 15) is 4.39 Å². The standard InChI is InChI=1S/C11H13FN4O/c12-8-4-9(14-6-8)11-15-10(16-17-11)7-2-1-3-13-5-7/h4,6-7,13-14H,1-3,5H2/t7-/m0/s1. The number of halogens is 1. The first kappa shape index (κ1) is 10.5. The number of hydrogen-bond donors (Lipinski definition) is 2. The zero-order chi connectivity index (χ0) is 11.7. The van der Waals surface area contributed by atoms with Gasteiger partial charge < -0.3 is 14.8 Å². The van der Waals surface area contributed by atoms with E-state index in [4.69, 9.17) is 4.52 Å². The molecular weight excluding hydrogens is 223 g/mol. The van der Waals surface area contributed by atoms with Gasteiger partial charge in [0, 0.05) is 24.7 Å². The summed E-state index contributed by atoms with van der Waals surface area (Å²) in [5.41, 5.74) is 0.519. The van der Waals surface area contributed by atoms with Crippen LogP contribution in [0.15, 0.2) is 16.8 Å². The van der Waals surface area contributed by atoms with Gasteiger partial charge in [-0.2, -0.15) is 4.98 Å². The molecule has 2 aromatic rings. The molecule has 1 fully saturated rings. The van der Waals surface area contributed by atoms with Crippen molar-refractivity contribution in [2.45, 2.75) is 18.8 Å². The second-order valence-electron chi connectivity index (χ2n) is 4.23. The van der Waals surface area contributed by atoms with Crippen LogP contribution in [0.1, 0.15) is 24.6 Å². The van der Waals surface area contributed by atoms with Gasteiger partial charge in [-0.25, -0.2) is 4.39 Å². The maximum Gasteiger partial charge on any atom is 0.274 e. The molecule has 3 heterocycles. The van der Waals surface area contributed by atoms with E-state index >= 15 is 0 Å². The van der Waals surface area contributed by atoms with Crippen LogP contribution in [-0.4, -0.2) is 28.2 Å². The first-order valence-corrected chi connectivity index (χ1v) is 5.71. The van der Waals surface area contributed by atoms with Gasteiger partial charge in [0.15, 0.2) is 5.82 Å². The fourth-order valence-corrected chi connectivity index (χ4v) is 2.07. The molecule has 17 heavy (non-hydrogen) atoms. The van der Waals surface area contributed by atoms with Crippen molar-refractivity contribution in [3.05, 3.63) is 23.9 Å². The fourth-order valence-electron chi connectivity index (χ4n) is 2.07. The lowest BCUT2D eigenvalue weighted by Gasteiger charge is -2.19. The highest BCUT2D eigenvalue weighted by molar-refractivity contribution is 5.46. The molecule has 1 aliphatic heterocycles. The van der Waals surface area contributed by atoms with Crippen LogP contribution in [0.2, 0.25) is 0 Å². The van der Waals surface area contributed by atoms with Gasteiger partial charge in [0.05, 0.1) is 0 Å². The summed E-state index contributed by atoms with van der Waals surface area (Å²) in [6.45, 7) is 1.92. The van der Waals surface area contributed by atoms with E-state index in [0.29, 0.717) is 23.3 Å². The number of rotatable bonds is 2. The SMILES string of the molecule is Fc1c[nH]c(-c2nc([C@H]3CCCNC3)no2)c1. The summed E-state index contributed by atoms with van der Waals surface area (Å²) < 4.78 is 18.0. The summed E-state index contributed by atoms with van der Waals surface area (Å²) in [6.07, 6.45) is 3.44. The molecule has 2 aromatic heterocycles. The predicted molar refractivity (Wildman–Crippen MR) is 58.9 cm³/mol. The van der Waals surface area contributed by atoms with Crippen LogP contribution in [0.4, 0.5) is 4.39 Å². The van der Waals surface area contributed by atoms with E-state index in [-0.39, 0.29) is 5.82 Å². The molecule has 0 amide bonds. The second kappa shape index (κ2) is 4.29. The number of nitrogens with one attached hydrogen (secondary N) is 2. The number of H-pyrrole nitrogens is 1. The first-order valence-electron chi connectivity index (χ1n) is 5.71. The maximum absolute atomic E-state index is 12.8. The molecule has 0 saturated carbocycles. The molecule has 90 valence electrons. The Labute approximate surface area is 97.4 Å². The lowest BCUT2D eigenvalue weighted by atomic mass is 9.99. The first-order chi connectivity index (χ1) is 8.33. The van der Waals surface area contributed by atoms with Crippen molar-refractivity contribution in [3.63, 3.8) is 0 Å². The predicted octanol–water partition coefficient (Wildman–Crippen LogP) is 1.67. The zero-order valence-corrected chi connectivity index (χ0v) is 9.24. The Morgan fingerprint density at radius 1 is 1.47 bits per heavy atom. The maximum atomic E-state index is 12.8. The van der Waals surface area contributed by atoms with E-state index in [1.165, 1.54) is 12.3 Å². The van der Waals surface area contributed by atoms with Crippen LogP contribution in [-0.2, 0) is 0 Å². The fraction of sp³-hybridized carbons (Fsp3) is 0.455. The highest BCUT2D eigenvalue weighted by atomic mass is 19.1. The van der Waals surface area contributed by atoms with E-state index in [2.05, 4.69) is 20.4 Å². The summed E-state index contributed by atoms with van der Waals surface area (Å²) in [7, 11) is 0. The quantitative estimate of drug-likeness (QED) is 0.832. The molecule has 5 nitrogen and oxygen atoms in total. The minimum Gasteiger partial charge on any atom is -0.355 e. The van der Waals surface area contributed by atoms with E-state index < -0.39 is 0 Å². The zero-order valence-electron chi connectivity index (χ0n) is 9.24. The van der Waals surface area contributed by atoms with E-state index in [0.717, 1.165) is 25.9 Å². The normalized spacial score (nSPS) is 20.6. The Balaban J connectivity index is 1.82. The van der Waals surface area contributed by atoms with Gasteiger partial charge in [0.1, 0.15) is 11.5 Å². The minimum absolute atomic E-state index is 0.293. The van der Waals surface area contributed by atoms with Crippen molar-refractivity contribution in [3.8, 4) is 11.6 Å². The summed E-state index contributed by atoms with van der Waals surface area (Å²) >= 11 is 0. The van der Waals surface area contributed by atoms with Gasteiger partial charge in [-0.15, -0.1) is 0 Å². The van der Waals surface area contributed by atoms with Crippen molar-refractivity contribution in [2.24, 2.45) is 0 Å². The monoisotopic (exact) mass is 236 g/mol. The van der Waals surface area contributed by atoms with Gasteiger partial charge >= 0.3 is 0 Å². The third-order valence-electron chi connectivity index (χ3n) is 2.98. The molecule has 0 bridgehead atoms. The largest absolute Gasteiger partial charge is 0.355 e. The number of hydrogen-bond acceptors (Lipinski definition) is 4. The van der Waals surface area contributed by atoms with Gasteiger partial charge in [-0.3, -0.25) is 0 Å². The lowest BCUT2D eigenvalue weighted by Crippen LogP contribution is -2.28. The average Bonchev–Trinajstić information content (AvgIpc) is 2.98. The van der Waals surface area contributed by atoms with Crippen LogP contribution in [0.25, 0.3) is 11.6 Å². The highest BCUT2D eigenvalue weighted by Crippen LogP contribution is 2.23. The van der Waals surface area contributed by atoms with E-state index in [1.54, 1.807) is 0 Å². The Hall–Kier alpha value is -1.69. The molecule has 0 radical (unpaired) electrons. The molecule has 1 aliphatic rings. The van der Waals surface area contributed by atoms with Crippen LogP contribution in [0.3, 0.4) is 0 Å². The summed E-state index contributed by atoms with van der Waals surface area (Å²) in [5, 5.41) is 7.25. The van der Waals surface area contributed by atoms with Gasteiger partial charge in [0.25, 0.3) is 5.89 Å². The topological polar surface area (TPSA) is 66.7 Å². The molecule has 6 heteroatoms. The van der Waals surface area contributed by atoms with Crippen LogP contribution in [0, 0.1) is 5.82 Å². The highest BCUT2D eigenvalue weighted by Gasteiger charge is 2.21. The van der Waals surface area contributed by atoms with Crippen molar-refractivity contribution in [2.75, 3.05) is 13.1 Å². The number of piperidine rings is 1. The van der Waals surface area contributed by atoms with Gasteiger partial charge in [-0.05, 0) is 19.4 Å². The molecule has 2 N–H and O–H groups in total. The summed E-state index contributed by atoms with van der Waals surface area (Å²) in [6, 6.07) is 1.34. The molecule has 0 aromatic carbocycles. The smallest absolute Gasteiger partial charge is 0.274 e. The summed E-state index contributed by atoms with van der Waals surface area (Å²) in [4.78, 5) is 7.05. The number of nitrogens with zero attached hydrogens (tertiary/aromatic N) is 2. The van der Waals surface area contributed by atoms with Crippen molar-refractivity contribution in [1.82, 2.24) is 20.4 Å². The second-order valence-corrected chi connectivity index (χ2v) is 4.23. The van der Waals surface area contributed by atoms with E-state index in [1.807, 2.05) is 0 Å². The number of aromatic nitrogens is 3. The molecule has 3 rings (SSSR count). The Morgan fingerprint density at radius 3 is 3.12 bits per heavy atom. The van der Waals surface area contributed by atoms with Gasteiger partial charge in [0.2, 0.25) is 0 Å². The van der Waals surface area contributed by atoms with Crippen molar-refractivity contribution >= 4 is 0 Å². The molecule has 1 atom stereocenters. The molecule has 1 saturated heterocycles. The lowest BCUT2D eigenvalue weighted by molar-refractivity contribution is 0.392. The molecule has 0 unspecified atom stereocenters. The molecule has 0 aliphatic carbocycles. The van der Waals surface area contributed by atoms with Gasteiger partial charge in [-0.1, -0.05) is 5.16 Å². The van der Waals surface area contributed by atoms with Crippen molar-refractivity contribution in [1.29, 1.82) is 0 Å². The third kappa shape index (κ3) is 2.08. The van der Waals surface area contributed by atoms with Crippen LogP contribution in [0.5, 0.6) is 0 Å². The molecule has 0 spiro atoms. The Bertz CT molecular complexity index is 501. The van der Waals surface area contributed by atoms with Crippen molar-refractivity contribution < 1.29 is 8.91 Å². The minimum atomic E-state index is -0.334. The van der Waals surface area contributed by atoms with Crippen LogP contribution < -0.4 is 5.32 Å². The number of aromatic amines is 1. The Morgan fingerprint density at radius 2 is 2.41 bits per heavy atom. The Kier molecular flexibility index (Phi) is 2.64. The average molecular weight is 236 g/mol. The van der Waals surface area contributed by atoms with Crippen LogP contribution >= 0.6 is 0 Å².